The molecule has 2 heteroatoms. The quantitative estimate of drug-likeness (QED) is 0.862. The topological polar surface area (TPSA) is 29.1 Å². The van der Waals surface area contributed by atoms with E-state index < -0.39 is 0 Å². The summed E-state index contributed by atoms with van der Waals surface area (Å²) in [5.74, 6) is 0.849. The Morgan fingerprint density at radius 3 is 3.00 bits per heavy atom. The van der Waals surface area contributed by atoms with Crippen molar-refractivity contribution in [2.75, 3.05) is 6.54 Å². The summed E-state index contributed by atoms with van der Waals surface area (Å²) < 4.78 is 0. The molecule has 1 aromatic carbocycles. The maximum Gasteiger partial charge on any atom is 0.154 e. The van der Waals surface area contributed by atoms with Gasteiger partial charge in [0.1, 0.15) is 0 Å². The van der Waals surface area contributed by atoms with Crippen molar-refractivity contribution in [2.24, 2.45) is 5.92 Å². The minimum absolute atomic E-state index is 0.0748. The first-order valence-electron chi connectivity index (χ1n) is 7.06. The molecular weight excluding hydrogens is 222 g/mol. The fraction of sp³-hybridized carbons (Fsp3) is 0.562. The molecule has 0 saturated heterocycles. The molecule has 0 radical (unpaired) electrons. The van der Waals surface area contributed by atoms with E-state index in [0.29, 0.717) is 18.1 Å². The van der Waals surface area contributed by atoms with Crippen LogP contribution in [0, 0.1) is 5.92 Å². The summed E-state index contributed by atoms with van der Waals surface area (Å²) in [6, 6.07) is 8.25. The minimum Gasteiger partial charge on any atom is -0.303 e. The lowest BCUT2D eigenvalue weighted by Crippen LogP contribution is -2.35. The van der Waals surface area contributed by atoms with E-state index in [0.717, 1.165) is 25.8 Å². The van der Waals surface area contributed by atoms with Crippen LogP contribution in [0.1, 0.15) is 50.3 Å². The van der Waals surface area contributed by atoms with E-state index in [9.17, 15) is 4.79 Å². The van der Waals surface area contributed by atoms with Crippen LogP contribution in [0.25, 0.3) is 0 Å². The average Bonchev–Trinajstić information content (AvgIpc) is 2.38. The molecule has 0 fully saturated rings. The standard InChI is InChI=1S/C16H23NO/c1-3-6-12(2)11-15(18)16-14-8-5-4-7-13(14)9-10-17-16/h4-5,7-8,12,16-17H,3,6,9-11H2,1-2H3. The van der Waals surface area contributed by atoms with E-state index in [-0.39, 0.29) is 6.04 Å². The Balaban J connectivity index is 2.08. The maximum absolute atomic E-state index is 12.4. The van der Waals surface area contributed by atoms with Crippen LogP contribution < -0.4 is 5.32 Å². The summed E-state index contributed by atoms with van der Waals surface area (Å²) in [4.78, 5) is 12.4. The van der Waals surface area contributed by atoms with Gasteiger partial charge < -0.3 is 5.32 Å². The number of benzene rings is 1. The molecule has 1 N–H and O–H groups in total. The summed E-state index contributed by atoms with van der Waals surface area (Å²) in [5.41, 5.74) is 2.52. The van der Waals surface area contributed by atoms with E-state index in [1.54, 1.807) is 0 Å². The summed E-state index contributed by atoms with van der Waals surface area (Å²) >= 11 is 0. The highest BCUT2D eigenvalue weighted by Crippen LogP contribution is 2.26. The molecule has 0 spiro atoms. The summed E-state index contributed by atoms with van der Waals surface area (Å²) in [5, 5.41) is 3.37. The first-order chi connectivity index (χ1) is 8.72. The fourth-order valence-electron chi connectivity index (χ4n) is 2.85. The predicted molar refractivity (Wildman–Crippen MR) is 74.6 cm³/mol. The van der Waals surface area contributed by atoms with Crippen LogP contribution in [0.3, 0.4) is 0 Å². The highest BCUT2D eigenvalue weighted by molar-refractivity contribution is 5.86. The van der Waals surface area contributed by atoms with Crippen LogP contribution in [0.5, 0.6) is 0 Å². The summed E-state index contributed by atoms with van der Waals surface area (Å²) in [6.07, 6.45) is 4.02. The molecule has 0 aliphatic carbocycles. The predicted octanol–water partition coefficient (Wildman–Crippen LogP) is 3.27. The van der Waals surface area contributed by atoms with Gasteiger partial charge in [0, 0.05) is 13.0 Å². The minimum atomic E-state index is -0.0748. The lowest BCUT2D eigenvalue weighted by molar-refractivity contribution is -0.122. The van der Waals surface area contributed by atoms with E-state index in [1.165, 1.54) is 11.1 Å². The van der Waals surface area contributed by atoms with Gasteiger partial charge in [0.05, 0.1) is 6.04 Å². The number of fused-ring (bicyclic) bond motifs is 1. The molecule has 1 aromatic rings. The molecule has 1 aliphatic rings. The van der Waals surface area contributed by atoms with E-state index in [1.807, 2.05) is 6.07 Å². The highest BCUT2D eigenvalue weighted by atomic mass is 16.1. The highest BCUT2D eigenvalue weighted by Gasteiger charge is 2.26. The lowest BCUT2D eigenvalue weighted by Gasteiger charge is -2.26. The monoisotopic (exact) mass is 245 g/mol. The Hall–Kier alpha value is -1.15. The van der Waals surface area contributed by atoms with Crippen molar-refractivity contribution >= 4 is 5.78 Å². The zero-order chi connectivity index (χ0) is 13.0. The number of carbonyl (C=O) groups excluding carboxylic acids is 1. The van der Waals surface area contributed by atoms with E-state index in [4.69, 9.17) is 0 Å². The average molecular weight is 245 g/mol. The van der Waals surface area contributed by atoms with Gasteiger partial charge >= 0.3 is 0 Å². The van der Waals surface area contributed by atoms with Gasteiger partial charge in [-0.3, -0.25) is 4.79 Å². The van der Waals surface area contributed by atoms with Gasteiger partial charge in [-0.1, -0.05) is 51.0 Å². The molecule has 0 amide bonds. The normalized spacial score (nSPS) is 20.2. The third kappa shape index (κ3) is 2.99. The molecule has 2 rings (SSSR count). The molecule has 0 bridgehead atoms. The Morgan fingerprint density at radius 1 is 1.44 bits per heavy atom. The Morgan fingerprint density at radius 2 is 2.22 bits per heavy atom. The number of ketones is 1. The van der Waals surface area contributed by atoms with Crippen LogP contribution in [0.4, 0.5) is 0 Å². The van der Waals surface area contributed by atoms with Gasteiger partial charge in [-0.05, 0) is 23.5 Å². The number of carbonyl (C=O) groups is 1. The molecule has 1 aliphatic heterocycles. The second-order valence-electron chi connectivity index (χ2n) is 5.40. The van der Waals surface area contributed by atoms with Crippen molar-refractivity contribution in [3.63, 3.8) is 0 Å². The van der Waals surface area contributed by atoms with Gasteiger partial charge in [-0.25, -0.2) is 0 Å². The smallest absolute Gasteiger partial charge is 0.154 e. The number of hydrogen-bond acceptors (Lipinski definition) is 2. The van der Waals surface area contributed by atoms with Gasteiger partial charge in [0.2, 0.25) is 0 Å². The van der Waals surface area contributed by atoms with Crippen LogP contribution >= 0.6 is 0 Å². The fourth-order valence-corrected chi connectivity index (χ4v) is 2.85. The van der Waals surface area contributed by atoms with Gasteiger partial charge in [0.25, 0.3) is 0 Å². The van der Waals surface area contributed by atoms with Gasteiger partial charge in [-0.2, -0.15) is 0 Å². The van der Waals surface area contributed by atoms with Crippen molar-refractivity contribution in [2.45, 2.75) is 45.6 Å². The number of hydrogen-bond donors (Lipinski definition) is 1. The first-order valence-corrected chi connectivity index (χ1v) is 7.06. The van der Waals surface area contributed by atoms with E-state index >= 15 is 0 Å². The molecule has 0 aromatic heterocycles. The molecule has 2 atom stereocenters. The van der Waals surface area contributed by atoms with Gasteiger partial charge in [-0.15, -0.1) is 0 Å². The van der Waals surface area contributed by atoms with Crippen molar-refractivity contribution in [1.82, 2.24) is 5.32 Å². The second-order valence-corrected chi connectivity index (χ2v) is 5.40. The van der Waals surface area contributed by atoms with Crippen LogP contribution in [-0.2, 0) is 11.2 Å². The van der Waals surface area contributed by atoms with Crippen LogP contribution in [-0.4, -0.2) is 12.3 Å². The van der Waals surface area contributed by atoms with Crippen molar-refractivity contribution in [3.05, 3.63) is 35.4 Å². The Labute approximate surface area is 110 Å². The van der Waals surface area contributed by atoms with E-state index in [2.05, 4.69) is 37.4 Å². The second kappa shape index (κ2) is 6.14. The lowest BCUT2D eigenvalue weighted by atomic mass is 9.88. The van der Waals surface area contributed by atoms with Crippen LogP contribution in [0.2, 0.25) is 0 Å². The molecule has 2 nitrogen and oxygen atoms in total. The third-order valence-corrected chi connectivity index (χ3v) is 3.76. The SMILES string of the molecule is CCCC(C)CC(=O)C1NCCc2ccccc21. The molecule has 98 valence electrons. The Kier molecular flexibility index (Phi) is 4.54. The van der Waals surface area contributed by atoms with Crippen molar-refractivity contribution < 1.29 is 4.79 Å². The molecular formula is C16H23NO. The third-order valence-electron chi connectivity index (χ3n) is 3.76. The first kappa shape index (κ1) is 13.3. The van der Waals surface area contributed by atoms with Crippen molar-refractivity contribution in [3.8, 4) is 0 Å². The zero-order valence-corrected chi connectivity index (χ0v) is 11.4. The van der Waals surface area contributed by atoms with Gasteiger partial charge in [0.15, 0.2) is 5.78 Å². The molecule has 0 saturated carbocycles. The van der Waals surface area contributed by atoms with Crippen molar-refractivity contribution in [1.29, 1.82) is 0 Å². The molecule has 2 unspecified atom stereocenters. The largest absolute Gasteiger partial charge is 0.303 e. The number of Topliss-reactive ketones (excluding diaryl/α,β-unsaturated/α-hetero) is 1. The Bertz CT molecular complexity index is 413. The summed E-state index contributed by atoms with van der Waals surface area (Å²) in [6.45, 7) is 5.26. The number of rotatable bonds is 5. The molecule has 18 heavy (non-hydrogen) atoms. The van der Waals surface area contributed by atoms with Crippen LogP contribution in [0.15, 0.2) is 24.3 Å². The summed E-state index contributed by atoms with van der Waals surface area (Å²) in [7, 11) is 0. The maximum atomic E-state index is 12.4. The molecule has 1 heterocycles. The zero-order valence-electron chi connectivity index (χ0n) is 11.4. The number of nitrogens with one attached hydrogen (secondary N) is 1.